The normalized spacial score (nSPS) is 15.1. The van der Waals surface area contributed by atoms with Gasteiger partial charge in [0.15, 0.2) is 0 Å². The summed E-state index contributed by atoms with van der Waals surface area (Å²) in [6.07, 6.45) is 1.67. The van der Waals surface area contributed by atoms with Crippen molar-refractivity contribution in [3.8, 4) is 0 Å². The van der Waals surface area contributed by atoms with E-state index in [0.29, 0.717) is 38.5 Å². The van der Waals surface area contributed by atoms with Crippen molar-refractivity contribution in [2.24, 2.45) is 0 Å². The summed E-state index contributed by atoms with van der Waals surface area (Å²) in [6, 6.07) is 12.1. The highest BCUT2D eigenvalue weighted by atomic mass is 16.5. The van der Waals surface area contributed by atoms with E-state index >= 15 is 0 Å². The lowest BCUT2D eigenvalue weighted by Gasteiger charge is -2.27. The lowest BCUT2D eigenvalue weighted by atomic mass is 10.1. The molecule has 4 rings (SSSR count). The van der Waals surface area contributed by atoms with Gasteiger partial charge in [-0.15, -0.1) is 0 Å². The summed E-state index contributed by atoms with van der Waals surface area (Å²) in [5.74, 6) is 0.0392. The quantitative estimate of drug-likeness (QED) is 0.744. The summed E-state index contributed by atoms with van der Waals surface area (Å²) in [4.78, 5) is 14.8. The highest BCUT2D eigenvalue weighted by Crippen LogP contribution is 2.24. The minimum atomic E-state index is 0.0392. The second-order valence-electron chi connectivity index (χ2n) is 6.19. The first-order chi connectivity index (χ1) is 11.7. The molecule has 0 spiro atoms. The number of aryl methyl sites for hydroxylation is 1. The predicted molar refractivity (Wildman–Crippen MR) is 91.2 cm³/mol. The van der Waals surface area contributed by atoms with Crippen LogP contribution in [0.2, 0.25) is 0 Å². The van der Waals surface area contributed by atoms with Gasteiger partial charge < -0.3 is 18.6 Å². The number of hydrogen-bond acceptors (Lipinski definition) is 3. The fourth-order valence-electron chi connectivity index (χ4n) is 3.23. The number of benzene rings is 1. The van der Waals surface area contributed by atoms with E-state index in [4.69, 9.17) is 9.15 Å². The summed E-state index contributed by atoms with van der Waals surface area (Å²) in [5, 5.41) is 0.958. The number of furan rings is 1. The van der Waals surface area contributed by atoms with Crippen LogP contribution in [0.15, 0.2) is 47.1 Å². The van der Waals surface area contributed by atoms with Gasteiger partial charge >= 0.3 is 0 Å². The maximum Gasteiger partial charge on any atom is 0.270 e. The molecular formula is C19H20N2O3. The molecule has 1 aliphatic heterocycles. The summed E-state index contributed by atoms with van der Waals surface area (Å²) in [6.45, 7) is 5.15. The van der Waals surface area contributed by atoms with Gasteiger partial charge in [-0.2, -0.15) is 0 Å². The van der Waals surface area contributed by atoms with Gasteiger partial charge in [-0.25, -0.2) is 0 Å². The highest BCUT2D eigenvalue weighted by Gasteiger charge is 2.24. The first-order valence-corrected chi connectivity index (χ1v) is 8.22. The molecule has 3 heterocycles. The molecule has 0 atom stereocenters. The molecule has 1 amide bonds. The molecule has 1 aliphatic rings. The molecule has 0 unspecified atom stereocenters. The SMILES string of the molecule is Cc1cccc(Cn2c(C(=O)N3CCOCC3)cc3ccoc32)c1. The van der Waals surface area contributed by atoms with Crippen LogP contribution in [0.25, 0.3) is 11.1 Å². The third-order valence-electron chi connectivity index (χ3n) is 4.44. The number of morpholine rings is 1. The van der Waals surface area contributed by atoms with Crippen LogP contribution in [0.4, 0.5) is 0 Å². The van der Waals surface area contributed by atoms with Crippen molar-refractivity contribution in [1.82, 2.24) is 9.47 Å². The fraction of sp³-hybridized carbons (Fsp3) is 0.316. The van der Waals surface area contributed by atoms with Crippen molar-refractivity contribution < 1.29 is 13.9 Å². The van der Waals surface area contributed by atoms with Gasteiger partial charge in [0.25, 0.3) is 5.91 Å². The molecule has 3 aromatic rings. The van der Waals surface area contributed by atoms with Crippen molar-refractivity contribution in [2.45, 2.75) is 13.5 Å². The first-order valence-electron chi connectivity index (χ1n) is 8.22. The van der Waals surface area contributed by atoms with Gasteiger partial charge in [0, 0.05) is 18.5 Å². The molecule has 5 heteroatoms. The highest BCUT2D eigenvalue weighted by molar-refractivity contribution is 5.97. The molecule has 0 N–H and O–H groups in total. The average Bonchev–Trinajstić information content (AvgIpc) is 3.18. The lowest BCUT2D eigenvalue weighted by Crippen LogP contribution is -2.41. The molecule has 1 saturated heterocycles. The van der Waals surface area contributed by atoms with Crippen molar-refractivity contribution in [2.75, 3.05) is 26.3 Å². The summed E-state index contributed by atoms with van der Waals surface area (Å²) >= 11 is 0. The van der Waals surface area contributed by atoms with Crippen LogP contribution in [0.3, 0.4) is 0 Å². The van der Waals surface area contributed by atoms with E-state index in [2.05, 4.69) is 25.1 Å². The number of rotatable bonds is 3. The molecule has 2 aromatic heterocycles. The molecule has 1 aromatic carbocycles. The standard InChI is InChI=1S/C19H20N2O3/c1-14-3-2-4-15(11-14)13-21-17(12-16-5-8-24-19(16)21)18(22)20-6-9-23-10-7-20/h2-5,8,11-12H,6-7,9-10,13H2,1H3. The Hall–Kier alpha value is -2.53. The maximum atomic E-state index is 13.0. The third kappa shape index (κ3) is 2.71. The van der Waals surface area contributed by atoms with Gasteiger partial charge in [0.05, 0.1) is 26.0 Å². The van der Waals surface area contributed by atoms with E-state index in [1.807, 2.05) is 27.7 Å². The number of aromatic nitrogens is 1. The Morgan fingerprint density at radius 1 is 1.17 bits per heavy atom. The van der Waals surface area contributed by atoms with E-state index in [0.717, 1.165) is 16.7 Å². The van der Waals surface area contributed by atoms with Crippen LogP contribution in [-0.4, -0.2) is 41.7 Å². The van der Waals surface area contributed by atoms with E-state index in [-0.39, 0.29) is 5.91 Å². The van der Waals surface area contributed by atoms with E-state index < -0.39 is 0 Å². The fourth-order valence-corrected chi connectivity index (χ4v) is 3.23. The van der Waals surface area contributed by atoms with Crippen molar-refractivity contribution in [3.05, 3.63) is 59.5 Å². The number of amides is 1. The average molecular weight is 324 g/mol. The Morgan fingerprint density at radius 3 is 2.79 bits per heavy atom. The van der Waals surface area contributed by atoms with Crippen LogP contribution < -0.4 is 0 Å². The largest absolute Gasteiger partial charge is 0.448 e. The number of hydrogen-bond donors (Lipinski definition) is 0. The Labute approximate surface area is 140 Å². The van der Waals surface area contributed by atoms with Gasteiger partial charge in [-0.3, -0.25) is 4.79 Å². The zero-order chi connectivity index (χ0) is 16.5. The third-order valence-corrected chi connectivity index (χ3v) is 4.44. The number of carbonyl (C=O) groups excluding carboxylic acids is 1. The molecule has 124 valence electrons. The summed E-state index contributed by atoms with van der Waals surface area (Å²) in [7, 11) is 0. The van der Waals surface area contributed by atoms with Crippen molar-refractivity contribution >= 4 is 17.0 Å². The molecule has 0 saturated carbocycles. The maximum absolute atomic E-state index is 13.0. The predicted octanol–water partition coefficient (Wildman–Crippen LogP) is 3.06. The minimum absolute atomic E-state index is 0.0392. The smallest absolute Gasteiger partial charge is 0.270 e. The van der Waals surface area contributed by atoms with Crippen LogP contribution in [0.1, 0.15) is 21.6 Å². The molecule has 5 nitrogen and oxygen atoms in total. The number of ether oxygens (including phenoxy) is 1. The van der Waals surface area contributed by atoms with E-state index in [1.54, 1.807) is 6.26 Å². The number of fused-ring (bicyclic) bond motifs is 1. The minimum Gasteiger partial charge on any atom is -0.448 e. The molecule has 1 fully saturated rings. The second-order valence-corrected chi connectivity index (χ2v) is 6.19. The van der Waals surface area contributed by atoms with Crippen molar-refractivity contribution in [1.29, 1.82) is 0 Å². The Bertz CT molecular complexity index is 872. The van der Waals surface area contributed by atoms with Crippen LogP contribution in [0, 0.1) is 6.92 Å². The zero-order valence-corrected chi connectivity index (χ0v) is 13.7. The summed E-state index contributed by atoms with van der Waals surface area (Å²) < 4.78 is 13.0. The van der Waals surface area contributed by atoms with Gasteiger partial charge in [-0.05, 0) is 24.6 Å². The Kier molecular flexibility index (Phi) is 3.86. The van der Waals surface area contributed by atoms with Gasteiger partial charge in [-0.1, -0.05) is 29.8 Å². The Balaban J connectivity index is 1.72. The monoisotopic (exact) mass is 324 g/mol. The van der Waals surface area contributed by atoms with Gasteiger partial charge in [0.2, 0.25) is 5.71 Å². The molecular weight excluding hydrogens is 304 g/mol. The number of nitrogens with zero attached hydrogens (tertiary/aromatic N) is 2. The van der Waals surface area contributed by atoms with Crippen LogP contribution >= 0.6 is 0 Å². The topological polar surface area (TPSA) is 47.6 Å². The Morgan fingerprint density at radius 2 is 2.00 bits per heavy atom. The van der Waals surface area contributed by atoms with Crippen molar-refractivity contribution in [3.63, 3.8) is 0 Å². The first kappa shape index (κ1) is 15.0. The van der Waals surface area contributed by atoms with E-state index in [9.17, 15) is 4.79 Å². The van der Waals surface area contributed by atoms with Crippen LogP contribution in [0.5, 0.6) is 0 Å². The number of carbonyl (C=O) groups is 1. The van der Waals surface area contributed by atoms with E-state index in [1.165, 1.54) is 5.56 Å². The molecule has 0 bridgehead atoms. The van der Waals surface area contributed by atoms with Gasteiger partial charge in [0.1, 0.15) is 5.69 Å². The summed E-state index contributed by atoms with van der Waals surface area (Å²) in [5.41, 5.74) is 3.78. The zero-order valence-electron chi connectivity index (χ0n) is 13.7. The molecule has 24 heavy (non-hydrogen) atoms. The molecule has 0 aliphatic carbocycles. The lowest BCUT2D eigenvalue weighted by molar-refractivity contribution is 0.0296. The van der Waals surface area contributed by atoms with Crippen LogP contribution in [-0.2, 0) is 11.3 Å². The molecule has 0 radical (unpaired) electrons. The second kappa shape index (κ2) is 6.17.